The molecule has 162 valence electrons. The highest BCUT2D eigenvalue weighted by Crippen LogP contribution is 2.29. The molecule has 0 aliphatic carbocycles. The molecule has 3 rings (SSSR count). The number of amidine groups is 1. The zero-order chi connectivity index (χ0) is 22.4. The number of amides is 2. The Bertz CT molecular complexity index is 989. The van der Waals surface area contributed by atoms with Crippen LogP contribution in [-0.2, 0) is 14.3 Å². The maximum Gasteiger partial charge on any atom is 0.338 e. The molecule has 2 amide bonds. The zero-order valence-corrected chi connectivity index (χ0v) is 18.3. The molecule has 8 nitrogen and oxygen atoms in total. The molecule has 0 bridgehead atoms. The molecule has 9 heteroatoms. The molecular weight excluding hydrogens is 418 g/mol. The van der Waals surface area contributed by atoms with Gasteiger partial charge in [0.15, 0.2) is 5.17 Å². The van der Waals surface area contributed by atoms with Crippen LogP contribution >= 0.6 is 11.8 Å². The molecule has 0 saturated carbocycles. The lowest BCUT2D eigenvalue weighted by Crippen LogP contribution is -2.43. The summed E-state index contributed by atoms with van der Waals surface area (Å²) in [4.78, 5) is 42.9. The second-order valence-corrected chi connectivity index (χ2v) is 7.81. The number of ether oxygens (including phenoxy) is 2. The van der Waals surface area contributed by atoms with Gasteiger partial charge in [0.2, 0.25) is 11.8 Å². The number of hydrogen-bond donors (Lipinski definition) is 1. The average Bonchev–Trinajstić information content (AvgIpc) is 2.78. The molecule has 2 aromatic rings. The predicted molar refractivity (Wildman–Crippen MR) is 120 cm³/mol. The van der Waals surface area contributed by atoms with E-state index in [1.807, 2.05) is 0 Å². The van der Waals surface area contributed by atoms with Crippen molar-refractivity contribution in [1.29, 1.82) is 0 Å². The molecule has 1 aliphatic rings. The normalized spacial score (nSPS) is 17.4. The van der Waals surface area contributed by atoms with Gasteiger partial charge in [-0.3, -0.25) is 14.5 Å². The number of anilines is 1. The Labute approximate surface area is 184 Å². The number of carbonyl (C=O) groups excluding carboxylic acids is 3. The van der Waals surface area contributed by atoms with E-state index in [1.54, 1.807) is 69.6 Å². The van der Waals surface area contributed by atoms with Crippen LogP contribution in [0, 0.1) is 0 Å². The number of rotatable bonds is 6. The van der Waals surface area contributed by atoms with Crippen LogP contribution in [0.15, 0.2) is 53.5 Å². The Morgan fingerprint density at radius 2 is 1.84 bits per heavy atom. The smallest absolute Gasteiger partial charge is 0.338 e. The van der Waals surface area contributed by atoms with Gasteiger partial charge in [0, 0.05) is 19.2 Å². The van der Waals surface area contributed by atoms with Gasteiger partial charge in [0.1, 0.15) is 11.0 Å². The number of aliphatic imine (C=N–C) groups is 1. The van der Waals surface area contributed by atoms with Crippen molar-refractivity contribution in [1.82, 2.24) is 4.90 Å². The number of benzene rings is 2. The summed E-state index contributed by atoms with van der Waals surface area (Å²) in [7, 11) is 3.19. The minimum atomic E-state index is -0.608. The first-order chi connectivity index (χ1) is 14.9. The van der Waals surface area contributed by atoms with Gasteiger partial charge < -0.3 is 14.8 Å². The lowest BCUT2D eigenvalue weighted by atomic mass is 10.2. The molecule has 1 atom stereocenters. The van der Waals surface area contributed by atoms with Crippen LogP contribution in [0.25, 0.3) is 0 Å². The van der Waals surface area contributed by atoms with E-state index in [2.05, 4.69) is 10.3 Å². The lowest BCUT2D eigenvalue weighted by molar-refractivity contribution is -0.128. The number of methoxy groups -OCH3 is 1. The summed E-state index contributed by atoms with van der Waals surface area (Å²) in [6, 6.07) is 13.5. The van der Waals surface area contributed by atoms with E-state index in [0.717, 1.165) is 0 Å². The molecule has 0 radical (unpaired) electrons. The highest BCUT2D eigenvalue weighted by atomic mass is 32.2. The van der Waals surface area contributed by atoms with Gasteiger partial charge >= 0.3 is 5.97 Å². The van der Waals surface area contributed by atoms with Crippen LogP contribution in [0.2, 0.25) is 0 Å². The van der Waals surface area contributed by atoms with Crippen molar-refractivity contribution in [2.45, 2.75) is 18.6 Å². The molecule has 1 fully saturated rings. The van der Waals surface area contributed by atoms with Crippen molar-refractivity contribution in [3.8, 4) is 5.75 Å². The second kappa shape index (κ2) is 10.1. The number of esters is 1. The van der Waals surface area contributed by atoms with Gasteiger partial charge in [0.05, 0.1) is 25.0 Å². The van der Waals surface area contributed by atoms with E-state index in [4.69, 9.17) is 9.47 Å². The highest BCUT2D eigenvalue weighted by molar-refractivity contribution is 8.15. The van der Waals surface area contributed by atoms with Gasteiger partial charge in [0.25, 0.3) is 0 Å². The van der Waals surface area contributed by atoms with Gasteiger partial charge in [-0.05, 0) is 55.5 Å². The van der Waals surface area contributed by atoms with Crippen molar-refractivity contribution < 1.29 is 23.9 Å². The Morgan fingerprint density at radius 1 is 1.16 bits per heavy atom. The molecule has 1 unspecified atom stereocenters. The van der Waals surface area contributed by atoms with Crippen LogP contribution in [0.5, 0.6) is 5.75 Å². The number of carbonyl (C=O) groups is 3. The molecule has 1 saturated heterocycles. The molecule has 0 aromatic heterocycles. The minimum absolute atomic E-state index is 0.0734. The average molecular weight is 442 g/mol. The summed E-state index contributed by atoms with van der Waals surface area (Å²) >= 11 is 1.22. The van der Waals surface area contributed by atoms with E-state index in [9.17, 15) is 14.4 Å². The Hall–Kier alpha value is -3.33. The van der Waals surface area contributed by atoms with E-state index in [1.165, 1.54) is 16.7 Å². The fraction of sp³-hybridized carbons (Fsp3) is 0.273. The van der Waals surface area contributed by atoms with Crippen molar-refractivity contribution in [2.75, 3.05) is 26.1 Å². The maximum atomic E-state index is 12.7. The Morgan fingerprint density at radius 3 is 2.45 bits per heavy atom. The van der Waals surface area contributed by atoms with Crippen LogP contribution in [0.1, 0.15) is 23.7 Å². The topological polar surface area (TPSA) is 97.3 Å². The van der Waals surface area contributed by atoms with Crippen LogP contribution < -0.4 is 10.1 Å². The lowest BCUT2D eigenvalue weighted by Gasteiger charge is -2.28. The van der Waals surface area contributed by atoms with E-state index in [-0.39, 0.29) is 18.2 Å². The molecule has 31 heavy (non-hydrogen) atoms. The second-order valence-electron chi connectivity index (χ2n) is 6.64. The third-order valence-corrected chi connectivity index (χ3v) is 5.76. The van der Waals surface area contributed by atoms with E-state index < -0.39 is 11.2 Å². The fourth-order valence-corrected chi connectivity index (χ4v) is 3.86. The fourth-order valence-electron chi connectivity index (χ4n) is 2.79. The highest BCUT2D eigenvalue weighted by Gasteiger charge is 2.34. The van der Waals surface area contributed by atoms with Gasteiger partial charge in [-0.15, -0.1) is 0 Å². The van der Waals surface area contributed by atoms with Crippen LogP contribution in [-0.4, -0.2) is 53.9 Å². The minimum Gasteiger partial charge on any atom is -0.497 e. The maximum absolute atomic E-state index is 12.7. The van der Waals surface area contributed by atoms with Gasteiger partial charge in [-0.25, -0.2) is 9.79 Å². The number of thioether (sulfide) groups is 1. The number of nitrogens with one attached hydrogen (secondary N) is 1. The molecule has 1 aliphatic heterocycles. The summed E-state index contributed by atoms with van der Waals surface area (Å²) in [6.45, 7) is 2.04. The summed E-state index contributed by atoms with van der Waals surface area (Å²) in [5.41, 5.74) is 1.60. The standard InChI is InChI=1S/C22H23N3O5S/c1-4-30-21(28)14-5-7-16(8-6-14)24-22-25(2)19(26)13-18(31-22)20(27)23-15-9-11-17(29-3)12-10-15/h5-12,18H,4,13H2,1-3H3,(H,23,27). The summed E-state index contributed by atoms with van der Waals surface area (Å²) < 4.78 is 10.1. The van der Waals surface area contributed by atoms with Crippen molar-refractivity contribution in [3.63, 3.8) is 0 Å². The van der Waals surface area contributed by atoms with Crippen LogP contribution in [0.4, 0.5) is 11.4 Å². The monoisotopic (exact) mass is 441 g/mol. The molecule has 0 spiro atoms. The quantitative estimate of drug-likeness (QED) is 0.690. The SMILES string of the molecule is CCOC(=O)c1ccc(N=C2SC(C(=O)Nc3ccc(OC)cc3)CC(=O)N2C)cc1. The first kappa shape index (κ1) is 22.4. The summed E-state index contributed by atoms with van der Waals surface area (Å²) in [5, 5.41) is 2.63. The Kier molecular flexibility index (Phi) is 7.30. The Balaban J connectivity index is 1.72. The van der Waals surface area contributed by atoms with Crippen molar-refractivity contribution in [3.05, 3.63) is 54.1 Å². The van der Waals surface area contributed by atoms with Crippen molar-refractivity contribution >= 4 is 46.1 Å². The first-order valence-electron chi connectivity index (χ1n) is 9.65. The number of nitrogens with zero attached hydrogens (tertiary/aromatic N) is 2. The molecule has 1 N–H and O–H groups in total. The molecule has 2 aromatic carbocycles. The van der Waals surface area contributed by atoms with Crippen molar-refractivity contribution in [2.24, 2.45) is 4.99 Å². The first-order valence-corrected chi connectivity index (χ1v) is 10.5. The molecule has 1 heterocycles. The summed E-state index contributed by atoms with van der Waals surface area (Å²) in [6.07, 6.45) is 0.0734. The summed E-state index contributed by atoms with van der Waals surface area (Å²) in [5.74, 6) is -0.195. The van der Waals surface area contributed by atoms with Gasteiger partial charge in [-0.2, -0.15) is 0 Å². The van der Waals surface area contributed by atoms with Gasteiger partial charge in [-0.1, -0.05) is 11.8 Å². The van der Waals surface area contributed by atoms with Crippen LogP contribution in [0.3, 0.4) is 0 Å². The zero-order valence-electron chi connectivity index (χ0n) is 17.5. The van der Waals surface area contributed by atoms with E-state index in [0.29, 0.717) is 34.5 Å². The largest absolute Gasteiger partial charge is 0.497 e. The van der Waals surface area contributed by atoms with E-state index >= 15 is 0 Å². The number of hydrogen-bond acceptors (Lipinski definition) is 7. The third kappa shape index (κ3) is 5.64. The molecular formula is C22H23N3O5S. The predicted octanol–water partition coefficient (Wildman–Crippen LogP) is 3.46. The third-order valence-electron chi connectivity index (χ3n) is 4.52.